The van der Waals surface area contributed by atoms with Gasteiger partial charge in [0.25, 0.3) is 0 Å². The number of halogens is 3. The lowest BCUT2D eigenvalue weighted by atomic mass is 9.93. The van der Waals surface area contributed by atoms with Gasteiger partial charge in [-0.15, -0.1) is 11.8 Å². The summed E-state index contributed by atoms with van der Waals surface area (Å²) >= 11 is 1.34. The molecule has 3 rings (SSSR count). The van der Waals surface area contributed by atoms with Crippen molar-refractivity contribution in [2.24, 2.45) is 0 Å². The minimum absolute atomic E-state index is 0.120. The molecule has 0 bridgehead atoms. The van der Waals surface area contributed by atoms with E-state index in [-0.39, 0.29) is 11.3 Å². The van der Waals surface area contributed by atoms with Crippen LogP contribution in [-0.2, 0) is 12.6 Å². The van der Waals surface area contributed by atoms with E-state index in [1.165, 1.54) is 30.0 Å². The van der Waals surface area contributed by atoms with Crippen LogP contribution in [0, 0.1) is 13.8 Å². The lowest BCUT2D eigenvalue weighted by Gasteiger charge is -2.13. The summed E-state index contributed by atoms with van der Waals surface area (Å²) in [6.07, 6.45) is -0.288. The SMILES string of the molecule is C/C=C/c1cc(C)cc(C)c1-c1c(O)cc(CCSc2ccc(C(F)(F)F)cc2)oc1=O. The van der Waals surface area contributed by atoms with E-state index in [2.05, 4.69) is 0 Å². The summed E-state index contributed by atoms with van der Waals surface area (Å²) in [5.74, 6) is 0.627. The Labute approximate surface area is 188 Å². The number of aryl methyl sites for hydroxylation is 3. The Hall–Kier alpha value is -2.93. The van der Waals surface area contributed by atoms with Crippen LogP contribution in [0.15, 0.2) is 62.6 Å². The van der Waals surface area contributed by atoms with Crippen molar-refractivity contribution in [2.75, 3.05) is 5.75 Å². The highest BCUT2D eigenvalue weighted by Gasteiger charge is 2.29. The summed E-state index contributed by atoms with van der Waals surface area (Å²) in [5, 5.41) is 10.6. The first-order chi connectivity index (χ1) is 15.1. The van der Waals surface area contributed by atoms with Gasteiger partial charge in [0.2, 0.25) is 0 Å². The van der Waals surface area contributed by atoms with Crippen molar-refractivity contribution in [3.63, 3.8) is 0 Å². The largest absolute Gasteiger partial charge is 0.507 e. The summed E-state index contributed by atoms with van der Waals surface area (Å²) in [6, 6.07) is 10.2. The average Bonchev–Trinajstić information content (AvgIpc) is 2.69. The van der Waals surface area contributed by atoms with Crippen molar-refractivity contribution in [1.82, 2.24) is 0 Å². The van der Waals surface area contributed by atoms with Crippen LogP contribution >= 0.6 is 11.8 Å². The Morgan fingerprint density at radius 2 is 1.75 bits per heavy atom. The maximum atomic E-state index is 12.8. The fraction of sp³-hybridized carbons (Fsp3) is 0.240. The molecule has 0 aliphatic rings. The van der Waals surface area contributed by atoms with E-state index in [0.717, 1.165) is 28.8 Å². The second kappa shape index (κ2) is 9.69. The van der Waals surface area contributed by atoms with Crippen molar-refractivity contribution >= 4 is 17.8 Å². The summed E-state index contributed by atoms with van der Waals surface area (Å²) in [6.45, 7) is 5.72. The maximum Gasteiger partial charge on any atom is 0.416 e. The molecule has 0 aliphatic heterocycles. The summed E-state index contributed by atoms with van der Waals surface area (Å²) in [5.41, 5.74) is 2.14. The topological polar surface area (TPSA) is 50.4 Å². The molecule has 0 spiro atoms. The van der Waals surface area contributed by atoms with E-state index in [1.807, 2.05) is 45.1 Å². The van der Waals surface area contributed by atoms with Crippen LogP contribution in [-0.4, -0.2) is 10.9 Å². The molecule has 2 aromatic carbocycles. The van der Waals surface area contributed by atoms with E-state index in [0.29, 0.717) is 28.4 Å². The molecule has 0 saturated carbocycles. The third-order valence-electron chi connectivity index (χ3n) is 4.89. The number of rotatable bonds is 6. The number of aromatic hydroxyl groups is 1. The zero-order valence-corrected chi connectivity index (χ0v) is 18.7. The molecule has 0 fully saturated rings. The molecule has 3 aromatic rings. The zero-order valence-electron chi connectivity index (χ0n) is 17.9. The van der Waals surface area contributed by atoms with E-state index in [9.17, 15) is 23.1 Å². The lowest BCUT2D eigenvalue weighted by Crippen LogP contribution is -2.08. The molecule has 0 amide bonds. The molecule has 0 saturated heterocycles. The van der Waals surface area contributed by atoms with Gasteiger partial charge in [-0.05, 0) is 56.2 Å². The minimum Gasteiger partial charge on any atom is -0.507 e. The molecule has 168 valence electrons. The Balaban J connectivity index is 1.80. The van der Waals surface area contributed by atoms with Crippen molar-refractivity contribution in [2.45, 2.75) is 38.3 Å². The maximum absolute atomic E-state index is 12.8. The molecule has 0 atom stereocenters. The monoisotopic (exact) mass is 460 g/mol. The Bertz CT molecular complexity index is 1190. The molecular formula is C25H23F3O3S. The normalized spacial score (nSPS) is 11.9. The number of hydrogen-bond donors (Lipinski definition) is 1. The number of thioether (sulfide) groups is 1. The van der Waals surface area contributed by atoms with E-state index in [4.69, 9.17) is 4.42 Å². The van der Waals surface area contributed by atoms with Gasteiger partial charge in [0.05, 0.1) is 5.56 Å². The summed E-state index contributed by atoms with van der Waals surface area (Å²) in [7, 11) is 0. The second-order valence-corrected chi connectivity index (χ2v) is 8.60. The highest BCUT2D eigenvalue weighted by molar-refractivity contribution is 7.99. The Kier molecular flexibility index (Phi) is 7.19. The average molecular weight is 461 g/mol. The zero-order chi connectivity index (χ0) is 23.5. The standard InChI is InChI=1S/C25H23F3O3S/c1-4-5-17-13-15(2)12-16(3)22(17)23-21(29)14-19(31-24(23)30)10-11-32-20-8-6-18(7-9-20)25(26,27)28/h4-9,12-14,29H,10-11H2,1-3H3/b5-4+. The fourth-order valence-corrected chi connectivity index (χ4v) is 4.41. The molecule has 7 heteroatoms. The van der Waals surface area contributed by atoms with Gasteiger partial charge >= 0.3 is 11.8 Å². The first-order valence-electron chi connectivity index (χ1n) is 10.0. The first kappa shape index (κ1) is 23.7. The molecule has 0 radical (unpaired) electrons. The van der Waals surface area contributed by atoms with E-state index in [1.54, 1.807) is 0 Å². The molecule has 1 heterocycles. The van der Waals surface area contributed by atoms with Gasteiger partial charge in [-0.1, -0.05) is 29.8 Å². The molecule has 0 aliphatic carbocycles. The number of hydrogen-bond acceptors (Lipinski definition) is 4. The highest BCUT2D eigenvalue weighted by Crippen LogP contribution is 2.34. The third-order valence-corrected chi connectivity index (χ3v) is 5.90. The highest BCUT2D eigenvalue weighted by atomic mass is 32.2. The van der Waals surface area contributed by atoms with Gasteiger partial charge in [0.1, 0.15) is 17.1 Å². The molecule has 1 N–H and O–H groups in total. The Morgan fingerprint density at radius 3 is 2.34 bits per heavy atom. The summed E-state index contributed by atoms with van der Waals surface area (Å²) in [4.78, 5) is 13.4. The van der Waals surface area contributed by atoms with Crippen LogP contribution in [0.4, 0.5) is 13.2 Å². The quantitative estimate of drug-likeness (QED) is 0.402. The fourth-order valence-electron chi connectivity index (χ4n) is 3.54. The number of alkyl halides is 3. The molecule has 3 nitrogen and oxygen atoms in total. The van der Waals surface area contributed by atoms with Crippen LogP contribution in [0.5, 0.6) is 5.75 Å². The van der Waals surface area contributed by atoms with E-state index < -0.39 is 17.4 Å². The molecule has 1 aromatic heterocycles. The molecular weight excluding hydrogens is 437 g/mol. The van der Waals surface area contributed by atoms with Gasteiger partial charge < -0.3 is 9.52 Å². The molecule has 0 unspecified atom stereocenters. The van der Waals surface area contributed by atoms with Crippen molar-refractivity contribution in [1.29, 1.82) is 0 Å². The minimum atomic E-state index is -4.37. The first-order valence-corrected chi connectivity index (χ1v) is 11.0. The molecule has 32 heavy (non-hydrogen) atoms. The smallest absolute Gasteiger partial charge is 0.416 e. The van der Waals surface area contributed by atoms with Crippen LogP contribution in [0.1, 0.15) is 34.9 Å². The van der Waals surface area contributed by atoms with Crippen molar-refractivity contribution < 1.29 is 22.7 Å². The predicted molar refractivity (Wildman–Crippen MR) is 122 cm³/mol. The van der Waals surface area contributed by atoms with Gasteiger partial charge in [0, 0.05) is 28.7 Å². The van der Waals surface area contributed by atoms with Gasteiger partial charge in [-0.25, -0.2) is 4.79 Å². The number of benzene rings is 2. The predicted octanol–water partition coefficient (Wildman–Crippen LogP) is 7.02. The number of allylic oxidation sites excluding steroid dienone is 1. The van der Waals surface area contributed by atoms with Gasteiger partial charge in [-0.3, -0.25) is 0 Å². The van der Waals surface area contributed by atoms with Crippen LogP contribution in [0.2, 0.25) is 0 Å². The second-order valence-electron chi connectivity index (χ2n) is 7.43. The Morgan fingerprint density at radius 1 is 1.06 bits per heavy atom. The summed E-state index contributed by atoms with van der Waals surface area (Å²) < 4.78 is 43.4. The van der Waals surface area contributed by atoms with Crippen LogP contribution in [0.25, 0.3) is 17.2 Å². The van der Waals surface area contributed by atoms with Gasteiger partial charge in [0.15, 0.2) is 0 Å². The van der Waals surface area contributed by atoms with Crippen LogP contribution in [0.3, 0.4) is 0 Å². The lowest BCUT2D eigenvalue weighted by molar-refractivity contribution is -0.137. The van der Waals surface area contributed by atoms with Crippen molar-refractivity contribution in [3.8, 4) is 16.9 Å². The third kappa shape index (κ3) is 5.46. The van der Waals surface area contributed by atoms with E-state index >= 15 is 0 Å². The van der Waals surface area contributed by atoms with Crippen LogP contribution < -0.4 is 5.63 Å². The van der Waals surface area contributed by atoms with Crippen molar-refractivity contribution in [3.05, 3.63) is 87.0 Å². The van der Waals surface area contributed by atoms with Gasteiger partial charge in [-0.2, -0.15) is 13.2 Å².